The summed E-state index contributed by atoms with van der Waals surface area (Å²) in [5.74, 6) is -0.563. The van der Waals surface area contributed by atoms with Crippen LogP contribution < -0.4 is 10.1 Å². The number of aromatic amines is 1. The molecule has 26 heavy (non-hydrogen) atoms. The van der Waals surface area contributed by atoms with Crippen LogP contribution in [0.15, 0.2) is 42.6 Å². The summed E-state index contributed by atoms with van der Waals surface area (Å²) in [6.07, 6.45) is 1.83. The first kappa shape index (κ1) is 16.1. The number of anilines is 1. The van der Waals surface area contributed by atoms with Gasteiger partial charge >= 0.3 is 0 Å². The van der Waals surface area contributed by atoms with Gasteiger partial charge in [-0.1, -0.05) is 12.1 Å². The molecule has 1 aromatic heterocycles. The molecule has 1 unspecified atom stereocenters. The van der Waals surface area contributed by atoms with Crippen molar-refractivity contribution in [2.75, 3.05) is 12.4 Å². The second-order valence-electron chi connectivity index (χ2n) is 6.13. The van der Waals surface area contributed by atoms with E-state index in [1.54, 1.807) is 30.5 Å². The van der Waals surface area contributed by atoms with Crippen LogP contribution in [0, 0.1) is 5.82 Å². The van der Waals surface area contributed by atoms with Gasteiger partial charge in [-0.3, -0.25) is 9.89 Å². The van der Waals surface area contributed by atoms with Crippen LogP contribution in [-0.4, -0.2) is 28.3 Å². The van der Waals surface area contributed by atoms with E-state index in [1.165, 1.54) is 19.2 Å². The molecule has 2 heterocycles. The lowest BCUT2D eigenvalue weighted by Crippen LogP contribution is -2.23. The van der Waals surface area contributed by atoms with E-state index < -0.39 is 0 Å². The number of methoxy groups -OCH3 is 1. The minimum Gasteiger partial charge on any atom is -0.504 e. The number of carbonyl (C=O) groups is 1. The number of rotatable bonds is 3. The van der Waals surface area contributed by atoms with E-state index in [4.69, 9.17) is 4.74 Å². The minimum atomic E-state index is -0.354. The van der Waals surface area contributed by atoms with Gasteiger partial charge in [0.25, 0.3) is 0 Å². The third-order valence-corrected chi connectivity index (χ3v) is 4.55. The summed E-state index contributed by atoms with van der Waals surface area (Å²) >= 11 is 0. The van der Waals surface area contributed by atoms with Crippen molar-refractivity contribution in [1.82, 2.24) is 10.2 Å². The third kappa shape index (κ3) is 2.67. The number of fused-ring (bicyclic) bond motifs is 1. The maximum Gasteiger partial charge on any atom is 0.225 e. The van der Waals surface area contributed by atoms with E-state index in [-0.39, 0.29) is 35.6 Å². The molecule has 7 heteroatoms. The second-order valence-corrected chi connectivity index (χ2v) is 6.13. The number of carbonyl (C=O) groups excluding carboxylic acids is 1. The van der Waals surface area contributed by atoms with Gasteiger partial charge in [-0.25, -0.2) is 4.39 Å². The van der Waals surface area contributed by atoms with E-state index in [9.17, 15) is 14.3 Å². The van der Waals surface area contributed by atoms with E-state index >= 15 is 0 Å². The lowest BCUT2D eigenvalue weighted by Gasteiger charge is -2.26. The van der Waals surface area contributed by atoms with Crippen LogP contribution in [0.2, 0.25) is 0 Å². The largest absolute Gasteiger partial charge is 0.504 e. The van der Waals surface area contributed by atoms with Gasteiger partial charge in [0.05, 0.1) is 19.0 Å². The first-order chi connectivity index (χ1) is 12.6. The second kappa shape index (κ2) is 6.18. The molecule has 0 spiro atoms. The van der Waals surface area contributed by atoms with E-state index in [2.05, 4.69) is 15.5 Å². The average molecular weight is 353 g/mol. The monoisotopic (exact) mass is 353 g/mol. The molecule has 6 nitrogen and oxygen atoms in total. The van der Waals surface area contributed by atoms with Crippen LogP contribution in [0.3, 0.4) is 0 Å². The lowest BCUT2D eigenvalue weighted by atomic mass is 9.83. The smallest absolute Gasteiger partial charge is 0.225 e. The fraction of sp³-hybridized carbons (Fsp3) is 0.158. The molecular formula is C19H16FN3O3. The molecule has 0 aliphatic carbocycles. The first-order valence-corrected chi connectivity index (χ1v) is 8.06. The number of amides is 1. The van der Waals surface area contributed by atoms with Crippen LogP contribution in [-0.2, 0) is 4.79 Å². The lowest BCUT2D eigenvalue weighted by molar-refractivity contribution is -0.116. The SMILES string of the molecule is COc1cc2c(cc1O)C(c1cn[nH]c1-c1cccc(F)c1)CC(=O)N2. The van der Waals surface area contributed by atoms with Gasteiger partial charge in [0.1, 0.15) is 5.82 Å². The number of hydrogen-bond acceptors (Lipinski definition) is 4. The van der Waals surface area contributed by atoms with Crippen molar-refractivity contribution in [3.63, 3.8) is 0 Å². The van der Waals surface area contributed by atoms with Crippen molar-refractivity contribution in [2.45, 2.75) is 12.3 Å². The highest BCUT2D eigenvalue weighted by atomic mass is 19.1. The van der Waals surface area contributed by atoms with E-state index in [0.29, 0.717) is 16.9 Å². The molecule has 4 rings (SSSR count). The molecule has 1 aliphatic heterocycles. The summed E-state index contributed by atoms with van der Waals surface area (Å²) in [4.78, 5) is 12.2. The highest BCUT2D eigenvalue weighted by Gasteiger charge is 2.30. The number of ether oxygens (including phenoxy) is 1. The molecule has 2 aromatic carbocycles. The van der Waals surface area contributed by atoms with Gasteiger partial charge in [-0.15, -0.1) is 0 Å². The fourth-order valence-electron chi connectivity index (χ4n) is 3.35. The summed E-state index contributed by atoms with van der Waals surface area (Å²) in [6.45, 7) is 0. The van der Waals surface area contributed by atoms with Gasteiger partial charge in [0.2, 0.25) is 5.91 Å². The zero-order valence-corrected chi connectivity index (χ0v) is 13.9. The molecular weight excluding hydrogens is 337 g/mol. The Kier molecular flexibility index (Phi) is 3.84. The molecule has 3 aromatic rings. The van der Waals surface area contributed by atoms with Crippen molar-refractivity contribution in [3.05, 3.63) is 59.5 Å². The van der Waals surface area contributed by atoms with Crippen LogP contribution in [0.25, 0.3) is 11.3 Å². The number of halogens is 1. The highest BCUT2D eigenvalue weighted by molar-refractivity contribution is 5.96. The van der Waals surface area contributed by atoms with Crippen LogP contribution in [0.1, 0.15) is 23.5 Å². The topological polar surface area (TPSA) is 87.2 Å². The summed E-state index contributed by atoms with van der Waals surface area (Å²) in [6, 6.07) is 9.35. The number of aromatic hydroxyl groups is 1. The molecule has 1 atom stereocenters. The number of benzene rings is 2. The summed E-state index contributed by atoms with van der Waals surface area (Å²) < 4.78 is 18.7. The predicted molar refractivity (Wildman–Crippen MR) is 93.7 cm³/mol. The fourth-order valence-corrected chi connectivity index (χ4v) is 3.35. The van der Waals surface area contributed by atoms with E-state index in [1.807, 2.05) is 0 Å². The standard InChI is InChI=1S/C19H16FN3O3/c1-26-17-8-15-13(6-16(17)24)12(7-18(25)22-15)14-9-21-23-19(14)10-3-2-4-11(20)5-10/h2-6,8-9,12,24H,7H2,1H3,(H,21,23)(H,22,25). The van der Waals surface area contributed by atoms with Crippen molar-refractivity contribution < 1.29 is 19.0 Å². The Morgan fingerprint density at radius 2 is 2.12 bits per heavy atom. The summed E-state index contributed by atoms with van der Waals surface area (Å²) in [5, 5.41) is 19.9. The Balaban J connectivity index is 1.85. The molecule has 0 fully saturated rings. The molecule has 0 radical (unpaired) electrons. The zero-order valence-electron chi connectivity index (χ0n) is 13.9. The van der Waals surface area contributed by atoms with Gasteiger partial charge in [-0.2, -0.15) is 5.10 Å². The number of nitrogens with one attached hydrogen (secondary N) is 2. The Morgan fingerprint density at radius 1 is 1.27 bits per heavy atom. The summed E-state index contributed by atoms with van der Waals surface area (Å²) in [5.41, 5.74) is 3.37. The van der Waals surface area contributed by atoms with Gasteiger partial charge in [0, 0.05) is 35.2 Å². The van der Waals surface area contributed by atoms with Gasteiger partial charge in [0.15, 0.2) is 11.5 Å². The zero-order chi connectivity index (χ0) is 18.3. The maximum atomic E-state index is 13.6. The Bertz CT molecular complexity index is 999. The maximum absolute atomic E-state index is 13.6. The quantitative estimate of drug-likeness (QED) is 0.630. The van der Waals surface area contributed by atoms with E-state index in [0.717, 1.165) is 11.1 Å². The van der Waals surface area contributed by atoms with Gasteiger partial charge < -0.3 is 15.2 Å². The molecule has 0 saturated heterocycles. The first-order valence-electron chi connectivity index (χ1n) is 8.06. The number of phenolic OH excluding ortho intramolecular Hbond substituents is 1. The molecule has 132 valence electrons. The third-order valence-electron chi connectivity index (χ3n) is 4.55. The number of H-pyrrole nitrogens is 1. The highest BCUT2D eigenvalue weighted by Crippen LogP contribution is 2.44. The average Bonchev–Trinajstić information content (AvgIpc) is 3.10. The minimum absolute atomic E-state index is 0.0109. The predicted octanol–water partition coefficient (Wildman–Crippen LogP) is 3.40. The van der Waals surface area contributed by atoms with Crippen LogP contribution in [0.5, 0.6) is 11.5 Å². The summed E-state index contributed by atoms with van der Waals surface area (Å²) in [7, 11) is 1.45. The van der Waals surface area contributed by atoms with Crippen molar-refractivity contribution >= 4 is 11.6 Å². The molecule has 1 amide bonds. The van der Waals surface area contributed by atoms with Crippen molar-refractivity contribution in [3.8, 4) is 22.8 Å². The van der Waals surface area contributed by atoms with Gasteiger partial charge in [-0.05, 0) is 23.8 Å². The molecule has 0 bridgehead atoms. The molecule has 0 saturated carbocycles. The van der Waals surface area contributed by atoms with Crippen molar-refractivity contribution in [2.24, 2.45) is 0 Å². The number of aromatic nitrogens is 2. The Labute approximate surface area is 148 Å². The number of phenols is 1. The molecule has 3 N–H and O–H groups in total. The molecule has 1 aliphatic rings. The normalized spacial score (nSPS) is 16.1. The van der Waals surface area contributed by atoms with Crippen molar-refractivity contribution in [1.29, 1.82) is 0 Å². The Hall–Kier alpha value is -3.35. The Morgan fingerprint density at radius 3 is 2.88 bits per heavy atom. The number of nitrogens with zero attached hydrogens (tertiary/aromatic N) is 1. The number of hydrogen-bond donors (Lipinski definition) is 3. The van der Waals surface area contributed by atoms with Crippen LogP contribution in [0.4, 0.5) is 10.1 Å². The van der Waals surface area contributed by atoms with Crippen LogP contribution >= 0.6 is 0 Å².